The van der Waals surface area contributed by atoms with Crippen LogP contribution in [0.15, 0.2) is 0 Å². The lowest BCUT2D eigenvalue weighted by atomic mass is 10.1. The fraction of sp³-hybridized carbons (Fsp3) is 1.00. The van der Waals surface area contributed by atoms with Crippen LogP contribution in [-0.4, -0.2) is 38.5 Å². The van der Waals surface area contributed by atoms with Gasteiger partial charge in [0.2, 0.25) is 0 Å². The lowest BCUT2D eigenvalue weighted by Crippen LogP contribution is -2.22. The van der Waals surface area contributed by atoms with Gasteiger partial charge >= 0.3 is 0 Å². The molecule has 0 aliphatic carbocycles. The van der Waals surface area contributed by atoms with Crippen molar-refractivity contribution in [2.24, 2.45) is 0 Å². The summed E-state index contributed by atoms with van der Waals surface area (Å²) >= 11 is 0. The van der Waals surface area contributed by atoms with E-state index >= 15 is 0 Å². The zero-order valence-corrected chi connectivity index (χ0v) is 20.6. The van der Waals surface area contributed by atoms with Gasteiger partial charge in [0.15, 0.2) is 0 Å². The summed E-state index contributed by atoms with van der Waals surface area (Å²) in [6.07, 6.45) is 21.5. The van der Waals surface area contributed by atoms with Gasteiger partial charge in [-0.3, -0.25) is 0 Å². The predicted octanol–water partition coefficient (Wildman–Crippen LogP) is 7.67. The van der Waals surface area contributed by atoms with E-state index in [9.17, 15) is 0 Å². The molecule has 0 saturated heterocycles. The van der Waals surface area contributed by atoms with E-state index in [4.69, 9.17) is 9.47 Å². The van der Waals surface area contributed by atoms with Gasteiger partial charge < -0.3 is 14.8 Å². The highest BCUT2D eigenvalue weighted by atomic mass is 16.5. The molecule has 2 unspecified atom stereocenters. The van der Waals surface area contributed by atoms with Crippen molar-refractivity contribution in [1.82, 2.24) is 5.32 Å². The molecule has 3 nitrogen and oxygen atoms in total. The second kappa shape index (κ2) is 24.2. The Morgan fingerprint density at radius 3 is 1.31 bits per heavy atom. The van der Waals surface area contributed by atoms with Crippen LogP contribution in [0.3, 0.4) is 0 Å². The minimum Gasteiger partial charge on any atom is -0.378 e. The van der Waals surface area contributed by atoms with E-state index in [1.807, 2.05) is 0 Å². The highest BCUT2D eigenvalue weighted by Crippen LogP contribution is 2.13. The normalized spacial score (nSPS) is 13.7. The van der Waals surface area contributed by atoms with Gasteiger partial charge in [-0.25, -0.2) is 0 Å². The Kier molecular flexibility index (Phi) is 24.1. The molecule has 0 amide bonds. The van der Waals surface area contributed by atoms with Gasteiger partial charge in [0, 0.05) is 13.2 Å². The van der Waals surface area contributed by atoms with Crippen molar-refractivity contribution in [2.45, 2.75) is 143 Å². The Morgan fingerprint density at radius 2 is 0.931 bits per heavy atom. The molecule has 3 heteroatoms. The molecule has 0 aromatic carbocycles. The summed E-state index contributed by atoms with van der Waals surface area (Å²) in [5, 5.41) is 3.54. The zero-order chi connectivity index (χ0) is 21.4. The van der Waals surface area contributed by atoms with E-state index in [0.717, 1.165) is 52.0 Å². The van der Waals surface area contributed by atoms with Crippen LogP contribution in [0.2, 0.25) is 0 Å². The number of rotatable bonds is 24. The molecule has 0 heterocycles. The van der Waals surface area contributed by atoms with Crippen LogP contribution in [-0.2, 0) is 9.47 Å². The van der Waals surface area contributed by atoms with E-state index in [-0.39, 0.29) is 0 Å². The van der Waals surface area contributed by atoms with E-state index in [0.29, 0.717) is 12.2 Å². The third kappa shape index (κ3) is 20.9. The van der Waals surface area contributed by atoms with E-state index < -0.39 is 0 Å². The third-order valence-corrected chi connectivity index (χ3v) is 5.87. The van der Waals surface area contributed by atoms with E-state index in [1.165, 1.54) is 77.0 Å². The second-order valence-electron chi connectivity index (χ2n) is 8.66. The average molecular weight is 414 g/mol. The fourth-order valence-electron chi connectivity index (χ4n) is 3.78. The first-order valence-electron chi connectivity index (χ1n) is 13.2. The Balaban J connectivity index is 3.43. The molecular weight excluding hydrogens is 358 g/mol. The average Bonchev–Trinajstić information content (AvgIpc) is 2.74. The minimum absolute atomic E-state index is 0.470. The van der Waals surface area contributed by atoms with Gasteiger partial charge in [0.1, 0.15) is 0 Å². The number of hydrogen-bond donors (Lipinski definition) is 1. The number of ether oxygens (including phenoxy) is 2. The standard InChI is InChI=1S/C26H55NO2/c1-5-9-11-13-15-19-25(7-3)28-23-17-21-27-22-18-24-29-26(8-4)20-16-14-12-10-6-2/h25-27H,5-24H2,1-4H3. The molecule has 0 rings (SSSR count). The molecule has 0 spiro atoms. The minimum atomic E-state index is 0.470. The molecule has 0 radical (unpaired) electrons. The smallest absolute Gasteiger partial charge is 0.0572 e. The van der Waals surface area contributed by atoms with Crippen LogP contribution in [0.1, 0.15) is 130 Å². The molecule has 2 atom stereocenters. The molecule has 0 aliphatic rings. The van der Waals surface area contributed by atoms with Crippen molar-refractivity contribution in [1.29, 1.82) is 0 Å². The van der Waals surface area contributed by atoms with Crippen LogP contribution < -0.4 is 5.32 Å². The molecular formula is C26H55NO2. The number of hydrogen-bond acceptors (Lipinski definition) is 3. The number of unbranched alkanes of at least 4 members (excludes halogenated alkanes) is 8. The highest BCUT2D eigenvalue weighted by Gasteiger charge is 2.07. The van der Waals surface area contributed by atoms with E-state index in [1.54, 1.807) is 0 Å². The Morgan fingerprint density at radius 1 is 0.517 bits per heavy atom. The van der Waals surface area contributed by atoms with Crippen LogP contribution >= 0.6 is 0 Å². The molecule has 176 valence electrons. The van der Waals surface area contributed by atoms with Crippen LogP contribution in [0.25, 0.3) is 0 Å². The summed E-state index contributed by atoms with van der Waals surface area (Å²) in [5.41, 5.74) is 0. The monoisotopic (exact) mass is 413 g/mol. The maximum absolute atomic E-state index is 6.07. The molecule has 0 bridgehead atoms. The van der Waals surface area contributed by atoms with Gasteiger partial charge in [-0.05, 0) is 51.6 Å². The van der Waals surface area contributed by atoms with Gasteiger partial charge in [0.05, 0.1) is 12.2 Å². The van der Waals surface area contributed by atoms with Crippen molar-refractivity contribution in [3.8, 4) is 0 Å². The quantitative estimate of drug-likeness (QED) is 0.165. The maximum Gasteiger partial charge on any atom is 0.0572 e. The van der Waals surface area contributed by atoms with Gasteiger partial charge in [0.25, 0.3) is 0 Å². The van der Waals surface area contributed by atoms with Crippen molar-refractivity contribution in [3.63, 3.8) is 0 Å². The number of nitrogens with one attached hydrogen (secondary N) is 1. The van der Waals surface area contributed by atoms with Crippen molar-refractivity contribution in [3.05, 3.63) is 0 Å². The summed E-state index contributed by atoms with van der Waals surface area (Å²) < 4.78 is 12.1. The Bertz CT molecular complexity index is 270. The lowest BCUT2D eigenvalue weighted by molar-refractivity contribution is 0.0393. The van der Waals surface area contributed by atoms with Crippen molar-refractivity contribution >= 4 is 0 Å². The summed E-state index contributed by atoms with van der Waals surface area (Å²) in [4.78, 5) is 0. The first-order valence-corrected chi connectivity index (χ1v) is 13.2. The topological polar surface area (TPSA) is 30.5 Å². The first kappa shape index (κ1) is 28.9. The van der Waals surface area contributed by atoms with Crippen LogP contribution in [0, 0.1) is 0 Å². The van der Waals surface area contributed by atoms with Crippen molar-refractivity contribution < 1.29 is 9.47 Å². The van der Waals surface area contributed by atoms with E-state index in [2.05, 4.69) is 33.0 Å². The second-order valence-corrected chi connectivity index (χ2v) is 8.66. The lowest BCUT2D eigenvalue weighted by Gasteiger charge is -2.17. The van der Waals surface area contributed by atoms with Crippen LogP contribution in [0.5, 0.6) is 0 Å². The molecule has 0 saturated carbocycles. The summed E-state index contributed by atoms with van der Waals surface area (Å²) in [6, 6.07) is 0. The largest absolute Gasteiger partial charge is 0.378 e. The fourth-order valence-corrected chi connectivity index (χ4v) is 3.78. The van der Waals surface area contributed by atoms with Gasteiger partial charge in [-0.2, -0.15) is 0 Å². The first-order chi connectivity index (χ1) is 14.3. The molecule has 1 N–H and O–H groups in total. The molecule has 0 fully saturated rings. The van der Waals surface area contributed by atoms with Gasteiger partial charge in [-0.1, -0.05) is 91.9 Å². The summed E-state index contributed by atoms with van der Waals surface area (Å²) in [5.74, 6) is 0. The van der Waals surface area contributed by atoms with Crippen LogP contribution in [0.4, 0.5) is 0 Å². The Hall–Kier alpha value is -0.120. The molecule has 0 aliphatic heterocycles. The predicted molar refractivity (Wildman–Crippen MR) is 129 cm³/mol. The SMILES string of the molecule is CCCCCCCC(CC)OCCCNCCCOC(CC)CCCCCCC. The third-order valence-electron chi connectivity index (χ3n) is 5.87. The molecule has 29 heavy (non-hydrogen) atoms. The molecule has 0 aromatic heterocycles. The maximum atomic E-state index is 6.07. The van der Waals surface area contributed by atoms with Crippen molar-refractivity contribution in [2.75, 3.05) is 26.3 Å². The summed E-state index contributed by atoms with van der Waals surface area (Å²) in [7, 11) is 0. The highest BCUT2D eigenvalue weighted by molar-refractivity contribution is 4.59. The summed E-state index contributed by atoms with van der Waals surface area (Å²) in [6.45, 7) is 13.0. The Labute approximate surface area is 184 Å². The van der Waals surface area contributed by atoms with Gasteiger partial charge in [-0.15, -0.1) is 0 Å². The zero-order valence-electron chi connectivity index (χ0n) is 20.6. The molecule has 0 aromatic rings.